The van der Waals surface area contributed by atoms with E-state index in [9.17, 15) is 9.90 Å². The molecule has 2 fully saturated rings. The van der Waals surface area contributed by atoms with E-state index in [0.717, 1.165) is 24.9 Å². The van der Waals surface area contributed by atoms with Crippen LogP contribution in [0, 0.1) is 0 Å². The van der Waals surface area contributed by atoms with Crippen molar-refractivity contribution in [2.45, 2.75) is 70.4 Å². The summed E-state index contributed by atoms with van der Waals surface area (Å²) in [5.41, 5.74) is 1.89. The Balaban J connectivity index is 1.52. The predicted molar refractivity (Wildman–Crippen MR) is 97.5 cm³/mol. The molecule has 0 saturated heterocycles. The van der Waals surface area contributed by atoms with Gasteiger partial charge in [-0.2, -0.15) is 0 Å². The number of nitrogens with zero attached hydrogens (tertiary/aromatic N) is 1. The van der Waals surface area contributed by atoms with Crippen LogP contribution in [0.5, 0.6) is 0 Å². The fourth-order valence-electron chi connectivity index (χ4n) is 2.90. The second-order valence-corrected chi connectivity index (χ2v) is 7.64. The van der Waals surface area contributed by atoms with Crippen molar-refractivity contribution in [3.63, 3.8) is 0 Å². The van der Waals surface area contributed by atoms with Crippen LogP contribution >= 0.6 is 0 Å². The van der Waals surface area contributed by atoms with E-state index < -0.39 is 6.10 Å². The lowest BCUT2D eigenvalue weighted by Gasteiger charge is -2.25. The van der Waals surface area contributed by atoms with Gasteiger partial charge in [0.25, 0.3) is 5.91 Å². The van der Waals surface area contributed by atoms with Crippen molar-refractivity contribution in [2.75, 3.05) is 13.2 Å². The van der Waals surface area contributed by atoms with Crippen LogP contribution in [-0.4, -0.2) is 53.4 Å². The predicted octanol–water partition coefficient (Wildman–Crippen LogP) is 2.33. The SMILES string of the molecule is CC(C)OCC(O)CN(Cc1ccc(C(=O)NC2CC2)cc1)C1CC1. The lowest BCUT2D eigenvalue weighted by atomic mass is 10.1. The van der Waals surface area contributed by atoms with Crippen molar-refractivity contribution >= 4 is 5.91 Å². The molecule has 3 rings (SSSR count). The van der Waals surface area contributed by atoms with Gasteiger partial charge in [0, 0.05) is 30.7 Å². The standard InChI is InChI=1S/C20H30N2O3/c1-14(2)25-13-19(23)12-22(18-9-10-18)11-15-3-5-16(6-4-15)20(24)21-17-7-8-17/h3-6,14,17-19,23H,7-13H2,1-2H3,(H,21,24). The molecule has 0 heterocycles. The van der Waals surface area contributed by atoms with Crippen LogP contribution in [-0.2, 0) is 11.3 Å². The largest absolute Gasteiger partial charge is 0.389 e. The summed E-state index contributed by atoms with van der Waals surface area (Å²) in [6, 6.07) is 8.79. The molecule has 5 nitrogen and oxygen atoms in total. The Hall–Kier alpha value is -1.43. The lowest BCUT2D eigenvalue weighted by molar-refractivity contribution is -0.0107. The van der Waals surface area contributed by atoms with E-state index in [2.05, 4.69) is 10.2 Å². The van der Waals surface area contributed by atoms with Gasteiger partial charge in [0.1, 0.15) is 0 Å². The van der Waals surface area contributed by atoms with Crippen molar-refractivity contribution in [3.05, 3.63) is 35.4 Å². The van der Waals surface area contributed by atoms with E-state index in [1.165, 1.54) is 18.4 Å². The molecule has 25 heavy (non-hydrogen) atoms. The molecule has 1 atom stereocenters. The molecule has 0 spiro atoms. The summed E-state index contributed by atoms with van der Waals surface area (Å²) in [5, 5.41) is 13.2. The van der Waals surface area contributed by atoms with Gasteiger partial charge in [0.15, 0.2) is 0 Å². The number of benzene rings is 1. The highest BCUT2D eigenvalue weighted by Crippen LogP contribution is 2.28. The molecule has 2 aliphatic carbocycles. The van der Waals surface area contributed by atoms with E-state index >= 15 is 0 Å². The summed E-state index contributed by atoms with van der Waals surface area (Å²) in [4.78, 5) is 14.4. The lowest BCUT2D eigenvalue weighted by Crippen LogP contribution is -2.36. The van der Waals surface area contributed by atoms with Crippen LogP contribution < -0.4 is 5.32 Å². The van der Waals surface area contributed by atoms with Gasteiger partial charge in [-0.3, -0.25) is 9.69 Å². The van der Waals surface area contributed by atoms with Crippen LogP contribution in [0.3, 0.4) is 0 Å². The molecular weight excluding hydrogens is 316 g/mol. The Morgan fingerprint density at radius 2 is 1.92 bits per heavy atom. The summed E-state index contributed by atoms with van der Waals surface area (Å²) >= 11 is 0. The van der Waals surface area contributed by atoms with Crippen LogP contribution in [0.2, 0.25) is 0 Å². The third-order valence-corrected chi connectivity index (χ3v) is 4.64. The molecule has 0 aromatic heterocycles. The average molecular weight is 346 g/mol. The first-order chi connectivity index (χ1) is 12.0. The quantitative estimate of drug-likeness (QED) is 0.683. The zero-order chi connectivity index (χ0) is 17.8. The fraction of sp³-hybridized carbons (Fsp3) is 0.650. The Bertz CT molecular complexity index is 565. The molecule has 0 aliphatic heterocycles. The number of nitrogens with one attached hydrogen (secondary N) is 1. The number of aliphatic hydroxyl groups excluding tert-OH is 1. The van der Waals surface area contributed by atoms with E-state index in [0.29, 0.717) is 25.2 Å². The first-order valence-electron chi connectivity index (χ1n) is 9.45. The molecule has 2 saturated carbocycles. The van der Waals surface area contributed by atoms with Gasteiger partial charge in [0.05, 0.1) is 18.8 Å². The van der Waals surface area contributed by atoms with Crippen LogP contribution in [0.25, 0.3) is 0 Å². The van der Waals surface area contributed by atoms with Crippen LogP contribution in [0.1, 0.15) is 55.5 Å². The average Bonchev–Trinajstić information content (AvgIpc) is 3.46. The number of hydrogen-bond donors (Lipinski definition) is 2. The molecular formula is C20H30N2O3. The fourth-order valence-corrected chi connectivity index (χ4v) is 2.90. The molecule has 2 aliphatic rings. The minimum atomic E-state index is -0.466. The van der Waals surface area contributed by atoms with Crippen LogP contribution in [0.15, 0.2) is 24.3 Å². The molecule has 1 aromatic carbocycles. The highest BCUT2D eigenvalue weighted by atomic mass is 16.5. The number of amides is 1. The summed E-state index contributed by atoms with van der Waals surface area (Å²) < 4.78 is 5.51. The number of hydrogen-bond acceptors (Lipinski definition) is 4. The topological polar surface area (TPSA) is 61.8 Å². The van der Waals surface area contributed by atoms with Crippen molar-refractivity contribution in [2.24, 2.45) is 0 Å². The molecule has 1 amide bonds. The van der Waals surface area contributed by atoms with Gasteiger partial charge in [-0.1, -0.05) is 12.1 Å². The maximum atomic E-state index is 12.1. The Morgan fingerprint density at radius 3 is 2.48 bits per heavy atom. The molecule has 1 aromatic rings. The second kappa shape index (κ2) is 8.30. The summed E-state index contributed by atoms with van der Waals surface area (Å²) in [7, 11) is 0. The Kier molecular flexibility index (Phi) is 6.10. The van der Waals surface area contributed by atoms with E-state index in [-0.39, 0.29) is 12.0 Å². The molecule has 1 unspecified atom stereocenters. The van der Waals surface area contributed by atoms with Crippen molar-refractivity contribution in [3.8, 4) is 0 Å². The number of carbonyl (C=O) groups is 1. The third kappa shape index (κ3) is 6.10. The highest BCUT2D eigenvalue weighted by molar-refractivity contribution is 5.94. The monoisotopic (exact) mass is 346 g/mol. The number of aliphatic hydroxyl groups is 1. The summed E-state index contributed by atoms with van der Waals surface area (Å²) in [5.74, 6) is 0.0226. The Labute approximate surface area is 150 Å². The van der Waals surface area contributed by atoms with Crippen LogP contribution in [0.4, 0.5) is 0 Å². The minimum absolute atomic E-state index is 0.0226. The van der Waals surface area contributed by atoms with Crippen molar-refractivity contribution < 1.29 is 14.6 Å². The third-order valence-electron chi connectivity index (χ3n) is 4.64. The zero-order valence-electron chi connectivity index (χ0n) is 15.3. The molecule has 2 N–H and O–H groups in total. The zero-order valence-corrected chi connectivity index (χ0v) is 15.3. The van der Waals surface area contributed by atoms with Gasteiger partial charge in [0.2, 0.25) is 0 Å². The normalized spacial score (nSPS) is 18.6. The highest BCUT2D eigenvalue weighted by Gasteiger charge is 2.30. The van der Waals surface area contributed by atoms with Gasteiger partial charge < -0.3 is 15.2 Å². The van der Waals surface area contributed by atoms with E-state index in [4.69, 9.17) is 4.74 Å². The maximum absolute atomic E-state index is 12.1. The summed E-state index contributed by atoms with van der Waals surface area (Å²) in [6.07, 6.45) is 4.26. The number of ether oxygens (including phenoxy) is 1. The molecule has 138 valence electrons. The maximum Gasteiger partial charge on any atom is 0.251 e. The van der Waals surface area contributed by atoms with E-state index in [1.807, 2.05) is 38.1 Å². The molecule has 0 bridgehead atoms. The first-order valence-corrected chi connectivity index (χ1v) is 9.45. The summed E-state index contributed by atoms with van der Waals surface area (Å²) in [6.45, 7) is 5.76. The van der Waals surface area contributed by atoms with Gasteiger partial charge in [-0.25, -0.2) is 0 Å². The number of rotatable bonds is 10. The van der Waals surface area contributed by atoms with Crippen molar-refractivity contribution in [1.82, 2.24) is 10.2 Å². The molecule has 0 radical (unpaired) electrons. The second-order valence-electron chi connectivity index (χ2n) is 7.64. The minimum Gasteiger partial charge on any atom is -0.389 e. The van der Waals surface area contributed by atoms with E-state index in [1.54, 1.807) is 0 Å². The van der Waals surface area contributed by atoms with Gasteiger partial charge in [-0.05, 0) is 57.2 Å². The number of carbonyl (C=O) groups excluding carboxylic acids is 1. The van der Waals surface area contributed by atoms with Gasteiger partial charge >= 0.3 is 0 Å². The van der Waals surface area contributed by atoms with Crippen molar-refractivity contribution in [1.29, 1.82) is 0 Å². The smallest absolute Gasteiger partial charge is 0.251 e. The van der Waals surface area contributed by atoms with Gasteiger partial charge in [-0.15, -0.1) is 0 Å². The molecule has 5 heteroatoms. The first kappa shape index (κ1) is 18.4. The Morgan fingerprint density at radius 1 is 1.24 bits per heavy atom.